The Balaban J connectivity index is 0.00000242. The summed E-state index contributed by atoms with van der Waals surface area (Å²) >= 11 is 0. The number of likely N-dealkylation sites (tertiary alicyclic amines) is 1. The van der Waals surface area contributed by atoms with E-state index in [4.69, 9.17) is 0 Å². The molecular formula is C16H18FLiN2O2. The van der Waals surface area contributed by atoms with E-state index in [1.165, 1.54) is 6.07 Å². The van der Waals surface area contributed by atoms with Gasteiger partial charge in [0.2, 0.25) is 0 Å². The standard InChI is InChI=1S/C16H19FN2O2.Li/c1-12-10-14(11-15(18-12)16(20)21)3-2-13-4-7-19(8-5-13)9-6-17;/h10-11,13H,4-9H2,1H3,(H,20,21);/q;+1/p-1. The van der Waals surface area contributed by atoms with Gasteiger partial charge in [-0.2, -0.15) is 0 Å². The molecule has 0 aliphatic carbocycles. The fourth-order valence-electron chi connectivity index (χ4n) is 2.45. The smallest absolute Gasteiger partial charge is 0.543 e. The minimum Gasteiger partial charge on any atom is -0.543 e. The number of hydrogen-bond acceptors (Lipinski definition) is 4. The molecule has 1 fully saturated rings. The number of pyridine rings is 1. The maximum absolute atomic E-state index is 12.3. The number of nitrogens with zero attached hydrogens (tertiary/aromatic N) is 2. The molecular weight excluding hydrogens is 278 g/mol. The van der Waals surface area contributed by atoms with E-state index in [1.807, 2.05) is 0 Å². The summed E-state index contributed by atoms with van der Waals surface area (Å²) in [7, 11) is 0. The predicted molar refractivity (Wildman–Crippen MR) is 75.3 cm³/mol. The maximum Gasteiger partial charge on any atom is 1.00 e. The largest absolute Gasteiger partial charge is 1.00 e. The van der Waals surface area contributed by atoms with E-state index in [0.29, 0.717) is 17.8 Å². The van der Waals surface area contributed by atoms with Crippen LogP contribution in [-0.4, -0.2) is 42.2 Å². The molecule has 1 saturated heterocycles. The number of hydrogen-bond donors (Lipinski definition) is 0. The van der Waals surface area contributed by atoms with Gasteiger partial charge in [-0.3, -0.25) is 4.98 Å². The Morgan fingerprint density at radius 1 is 1.45 bits per heavy atom. The van der Waals surface area contributed by atoms with E-state index in [9.17, 15) is 14.3 Å². The molecule has 1 aliphatic rings. The van der Waals surface area contributed by atoms with Crippen LogP contribution in [0.4, 0.5) is 4.39 Å². The van der Waals surface area contributed by atoms with E-state index < -0.39 is 5.97 Å². The topological polar surface area (TPSA) is 56.3 Å². The van der Waals surface area contributed by atoms with Crippen LogP contribution < -0.4 is 24.0 Å². The van der Waals surface area contributed by atoms with Crippen molar-refractivity contribution in [2.24, 2.45) is 5.92 Å². The summed E-state index contributed by atoms with van der Waals surface area (Å²) in [6.45, 7) is 3.65. The van der Waals surface area contributed by atoms with Crippen molar-refractivity contribution in [3.05, 3.63) is 29.1 Å². The first-order valence-electron chi connectivity index (χ1n) is 7.08. The van der Waals surface area contributed by atoms with E-state index in [2.05, 4.69) is 21.7 Å². The van der Waals surface area contributed by atoms with E-state index in [0.717, 1.165) is 25.9 Å². The molecule has 0 aromatic carbocycles. The summed E-state index contributed by atoms with van der Waals surface area (Å²) in [4.78, 5) is 16.8. The van der Waals surface area contributed by atoms with Gasteiger partial charge in [-0.25, -0.2) is 4.39 Å². The predicted octanol–water partition coefficient (Wildman–Crippen LogP) is -2.21. The van der Waals surface area contributed by atoms with Crippen LogP contribution in [-0.2, 0) is 0 Å². The fourth-order valence-corrected chi connectivity index (χ4v) is 2.45. The SMILES string of the molecule is Cc1cc(C#CC2CCN(CCF)CC2)cc(C(=O)[O-])n1.[Li+]. The zero-order chi connectivity index (χ0) is 15.2. The summed E-state index contributed by atoms with van der Waals surface area (Å²) in [6.07, 6.45) is 1.84. The molecule has 1 aromatic rings. The Kier molecular flexibility index (Phi) is 7.62. The van der Waals surface area contributed by atoms with E-state index in [1.54, 1.807) is 13.0 Å². The van der Waals surface area contributed by atoms with Crippen molar-refractivity contribution in [2.45, 2.75) is 19.8 Å². The minimum absolute atomic E-state index is 0. The second kappa shape index (κ2) is 8.95. The van der Waals surface area contributed by atoms with Crippen LogP contribution >= 0.6 is 0 Å². The molecule has 0 atom stereocenters. The molecule has 0 N–H and O–H groups in total. The third-order valence-electron chi connectivity index (χ3n) is 3.57. The van der Waals surface area contributed by atoms with Gasteiger partial charge in [0.05, 0.1) is 11.7 Å². The molecule has 1 aromatic heterocycles. The van der Waals surface area contributed by atoms with Crippen molar-refractivity contribution < 1.29 is 33.2 Å². The number of carbonyl (C=O) groups is 1. The summed E-state index contributed by atoms with van der Waals surface area (Å²) < 4.78 is 12.3. The molecule has 1 aliphatic heterocycles. The first-order valence-corrected chi connectivity index (χ1v) is 7.08. The van der Waals surface area contributed by atoms with Gasteiger partial charge < -0.3 is 14.8 Å². The van der Waals surface area contributed by atoms with Gasteiger partial charge in [-0.05, 0) is 45.0 Å². The van der Waals surface area contributed by atoms with Crippen LogP contribution in [0.3, 0.4) is 0 Å². The number of aryl methyl sites for hydroxylation is 1. The van der Waals surface area contributed by atoms with Gasteiger partial charge in [-0.15, -0.1) is 0 Å². The van der Waals surface area contributed by atoms with E-state index >= 15 is 0 Å². The summed E-state index contributed by atoms with van der Waals surface area (Å²) in [5.41, 5.74) is 1.17. The van der Waals surface area contributed by atoms with Gasteiger partial charge in [0.1, 0.15) is 6.67 Å². The molecule has 2 heterocycles. The number of halogens is 1. The molecule has 112 valence electrons. The molecule has 22 heavy (non-hydrogen) atoms. The molecule has 2 rings (SSSR count). The number of aromatic nitrogens is 1. The van der Waals surface area contributed by atoms with Crippen molar-refractivity contribution >= 4 is 5.97 Å². The van der Waals surface area contributed by atoms with Crippen LogP contribution in [0, 0.1) is 24.7 Å². The Morgan fingerprint density at radius 2 is 2.14 bits per heavy atom. The Hall–Kier alpha value is -1.33. The molecule has 0 spiro atoms. The summed E-state index contributed by atoms with van der Waals surface area (Å²) in [5, 5.41) is 10.9. The normalized spacial score (nSPS) is 15.5. The van der Waals surface area contributed by atoms with Gasteiger partial charge in [0, 0.05) is 23.7 Å². The van der Waals surface area contributed by atoms with Crippen molar-refractivity contribution in [2.75, 3.05) is 26.3 Å². The Bertz CT molecular complexity index is 575. The number of piperidine rings is 1. The van der Waals surface area contributed by atoms with Crippen LogP contribution in [0.25, 0.3) is 0 Å². The first kappa shape index (κ1) is 18.7. The molecule has 0 unspecified atom stereocenters. The fraction of sp³-hybridized carbons (Fsp3) is 0.500. The molecule has 0 amide bonds. The molecule has 4 nitrogen and oxygen atoms in total. The second-order valence-corrected chi connectivity index (χ2v) is 5.24. The number of rotatable bonds is 3. The van der Waals surface area contributed by atoms with Crippen molar-refractivity contribution in [1.82, 2.24) is 9.88 Å². The molecule has 0 bridgehead atoms. The zero-order valence-corrected chi connectivity index (χ0v) is 13.1. The van der Waals surface area contributed by atoms with Crippen molar-refractivity contribution in [1.29, 1.82) is 0 Å². The number of aromatic carboxylic acids is 1. The Morgan fingerprint density at radius 3 is 2.73 bits per heavy atom. The molecule has 0 saturated carbocycles. The number of carbonyl (C=O) groups excluding carboxylic acids is 1. The van der Waals surface area contributed by atoms with E-state index in [-0.39, 0.29) is 37.1 Å². The number of carboxylic acid groups (broad SMARTS) is 1. The first-order chi connectivity index (χ1) is 10.1. The Labute approximate surface area is 142 Å². The molecule has 0 radical (unpaired) electrons. The van der Waals surface area contributed by atoms with Gasteiger partial charge in [0.25, 0.3) is 0 Å². The summed E-state index contributed by atoms with van der Waals surface area (Å²) in [6, 6.07) is 3.20. The van der Waals surface area contributed by atoms with Crippen LogP contribution in [0.15, 0.2) is 12.1 Å². The van der Waals surface area contributed by atoms with Crippen molar-refractivity contribution in [3.8, 4) is 11.8 Å². The number of alkyl halides is 1. The van der Waals surface area contributed by atoms with Crippen LogP contribution in [0.2, 0.25) is 0 Å². The third-order valence-corrected chi connectivity index (χ3v) is 3.57. The van der Waals surface area contributed by atoms with Gasteiger partial charge in [-0.1, -0.05) is 11.8 Å². The monoisotopic (exact) mass is 296 g/mol. The summed E-state index contributed by atoms with van der Waals surface area (Å²) in [5.74, 6) is 5.19. The number of carboxylic acids is 1. The third kappa shape index (κ3) is 5.46. The molecule has 6 heteroatoms. The quantitative estimate of drug-likeness (QED) is 0.469. The average Bonchev–Trinajstić information content (AvgIpc) is 2.46. The van der Waals surface area contributed by atoms with Crippen LogP contribution in [0.1, 0.15) is 34.6 Å². The van der Waals surface area contributed by atoms with Gasteiger partial charge in [0.15, 0.2) is 0 Å². The minimum atomic E-state index is -1.29. The van der Waals surface area contributed by atoms with Crippen molar-refractivity contribution in [3.63, 3.8) is 0 Å². The van der Waals surface area contributed by atoms with Gasteiger partial charge >= 0.3 is 18.9 Å². The average molecular weight is 296 g/mol. The maximum atomic E-state index is 12.3. The second-order valence-electron chi connectivity index (χ2n) is 5.24. The van der Waals surface area contributed by atoms with Crippen LogP contribution in [0.5, 0.6) is 0 Å². The zero-order valence-electron chi connectivity index (χ0n) is 13.1.